The number of thiocarbonyl (C=S) groups is 1. The number of anilines is 1. The molecule has 1 fully saturated rings. The molecule has 1 aliphatic rings. The van der Waals surface area contributed by atoms with Gasteiger partial charge >= 0.3 is 0 Å². The molecule has 1 saturated heterocycles. The smallest absolute Gasteiger partial charge is 0.174 e. The van der Waals surface area contributed by atoms with Gasteiger partial charge in [0, 0.05) is 22.5 Å². The summed E-state index contributed by atoms with van der Waals surface area (Å²) in [6.45, 7) is 1.98. The number of aromatic nitrogens is 1. The Hall–Kier alpha value is -3.35. The van der Waals surface area contributed by atoms with E-state index in [2.05, 4.69) is 15.2 Å². The van der Waals surface area contributed by atoms with Crippen LogP contribution in [0.3, 0.4) is 0 Å². The van der Waals surface area contributed by atoms with E-state index in [1.54, 1.807) is 13.3 Å². The van der Waals surface area contributed by atoms with Crippen LogP contribution >= 0.6 is 23.8 Å². The molecule has 1 aliphatic heterocycles. The standard InChI is InChI=1S/C26H22ClN3O2S/c1-16-6-7-17(15-20(16)27)22-12-13-23(32-22)25-24(21-5-3-4-14-28-21)29-26(33)30(25)18-8-10-19(31-2)11-9-18/h3-15,24-25H,1-2H3,(H,29,33)/t24-,25+/m1/s1. The number of benzene rings is 2. The Morgan fingerprint density at radius 3 is 2.58 bits per heavy atom. The first-order valence-electron chi connectivity index (χ1n) is 10.6. The van der Waals surface area contributed by atoms with Crippen molar-refractivity contribution in [2.24, 2.45) is 0 Å². The Labute approximate surface area is 203 Å². The third-order valence-electron chi connectivity index (χ3n) is 5.82. The molecule has 5 nitrogen and oxygen atoms in total. The maximum absolute atomic E-state index is 6.39. The van der Waals surface area contributed by atoms with Crippen molar-refractivity contribution < 1.29 is 9.15 Å². The Kier molecular flexibility index (Phi) is 5.79. The summed E-state index contributed by atoms with van der Waals surface area (Å²) in [5.74, 6) is 2.31. The molecule has 0 spiro atoms. The zero-order valence-corrected chi connectivity index (χ0v) is 19.7. The molecular weight excluding hydrogens is 454 g/mol. The predicted molar refractivity (Wildman–Crippen MR) is 135 cm³/mol. The zero-order chi connectivity index (χ0) is 22.9. The highest BCUT2D eigenvalue weighted by molar-refractivity contribution is 7.80. The van der Waals surface area contributed by atoms with Crippen LogP contribution in [0.15, 0.2) is 83.4 Å². The molecule has 0 unspecified atom stereocenters. The van der Waals surface area contributed by atoms with E-state index in [1.807, 2.05) is 79.7 Å². The Bertz CT molecular complexity index is 1290. The number of furan rings is 1. The fourth-order valence-electron chi connectivity index (χ4n) is 4.08. The average molecular weight is 476 g/mol. The normalized spacial score (nSPS) is 17.8. The lowest BCUT2D eigenvalue weighted by molar-refractivity contribution is 0.414. The minimum Gasteiger partial charge on any atom is -0.497 e. The van der Waals surface area contributed by atoms with E-state index in [1.165, 1.54) is 0 Å². The molecule has 166 valence electrons. The van der Waals surface area contributed by atoms with Gasteiger partial charge in [0.1, 0.15) is 23.3 Å². The molecule has 0 amide bonds. The summed E-state index contributed by atoms with van der Waals surface area (Å²) in [4.78, 5) is 6.65. The van der Waals surface area contributed by atoms with Crippen molar-refractivity contribution in [2.45, 2.75) is 19.0 Å². The summed E-state index contributed by atoms with van der Waals surface area (Å²) in [5, 5.41) is 4.76. The van der Waals surface area contributed by atoms with Crippen LogP contribution in [0.1, 0.15) is 29.1 Å². The molecule has 0 bridgehead atoms. The lowest BCUT2D eigenvalue weighted by Gasteiger charge is -2.26. The second-order valence-corrected chi connectivity index (χ2v) is 8.65. The number of halogens is 1. The van der Waals surface area contributed by atoms with Gasteiger partial charge in [0.2, 0.25) is 0 Å². The third-order valence-corrected chi connectivity index (χ3v) is 6.55. The summed E-state index contributed by atoms with van der Waals surface area (Å²) >= 11 is 12.1. The number of rotatable bonds is 5. The van der Waals surface area contributed by atoms with Gasteiger partial charge < -0.3 is 19.4 Å². The van der Waals surface area contributed by atoms with Gasteiger partial charge in [-0.2, -0.15) is 0 Å². The van der Waals surface area contributed by atoms with E-state index in [-0.39, 0.29) is 12.1 Å². The Morgan fingerprint density at radius 1 is 1.06 bits per heavy atom. The van der Waals surface area contributed by atoms with E-state index < -0.39 is 0 Å². The van der Waals surface area contributed by atoms with Crippen LogP contribution in [0.25, 0.3) is 11.3 Å². The van der Waals surface area contributed by atoms with Crippen molar-refractivity contribution in [3.05, 3.63) is 101 Å². The number of hydrogen-bond acceptors (Lipinski definition) is 4. The van der Waals surface area contributed by atoms with Crippen LogP contribution < -0.4 is 15.0 Å². The van der Waals surface area contributed by atoms with Crippen LogP contribution in [0, 0.1) is 6.92 Å². The molecule has 3 heterocycles. The molecule has 2 aromatic heterocycles. The van der Waals surface area contributed by atoms with E-state index in [0.717, 1.165) is 39.8 Å². The van der Waals surface area contributed by atoms with Crippen molar-refractivity contribution >= 4 is 34.6 Å². The third kappa shape index (κ3) is 4.08. The molecular formula is C26H22ClN3O2S. The van der Waals surface area contributed by atoms with Crippen LogP contribution in [0.5, 0.6) is 5.75 Å². The van der Waals surface area contributed by atoms with Gasteiger partial charge in [-0.25, -0.2) is 0 Å². The topological polar surface area (TPSA) is 50.5 Å². The maximum atomic E-state index is 6.39. The van der Waals surface area contributed by atoms with Gasteiger partial charge in [-0.1, -0.05) is 29.8 Å². The maximum Gasteiger partial charge on any atom is 0.174 e. The highest BCUT2D eigenvalue weighted by atomic mass is 35.5. The summed E-state index contributed by atoms with van der Waals surface area (Å²) in [5.41, 5.74) is 3.78. The molecule has 0 radical (unpaired) electrons. The van der Waals surface area contributed by atoms with Crippen LogP contribution in [0.4, 0.5) is 5.69 Å². The number of aryl methyl sites for hydroxylation is 1. The van der Waals surface area contributed by atoms with Gasteiger partial charge in [0.05, 0.1) is 18.8 Å². The average Bonchev–Trinajstić information content (AvgIpc) is 3.46. The van der Waals surface area contributed by atoms with Crippen molar-refractivity contribution in [2.75, 3.05) is 12.0 Å². The number of nitrogens with one attached hydrogen (secondary N) is 1. The van der Waals surface area contributed by atoms with E-state index in [4.69, 9.17) is 33.0 Å². The van der Waals surface area contributed by atoms with Gasteiger partial charge in [0.25, 0.3) is 0 Å². The minimum atomic E-state index is -0.226. The van der Waals surface area contributed by atoms with E-state index in [0.29, 0.717) is 10.1 Å². The first kappa shape index (κ1) is 21.5. The SMILES string of the molecule is COc1ccc(N2C(=S)N[C@H](c3ccccn3)[C@@H]2c2ccc(-c3ccc(C)c(Cl)c3)o2)cc1. The van der Waals surface area contributed by atoms with Gasteiger partial charge in [-0.15, -0.1) is 0 Å². The molecule has 1 N–H and O–H groups in total. The fraction of sp³-hybridized carbons (Fsp3) is 0.154. The van der Waals surface area contributed by atoms with Crippen LogP contribution in [-0.4, -0.2) is 17.2 Å². The monoisotopic (exact) mass is 475 g/mol. The fourth-order valence-corrected chi connectivity index (χ4v) is 4.60. The van der Waals surface area contributed by atoms with Gasteiger partial charge in [-0.05, 0) is 79.3 Å². The molecule has 2 aromatic carbocycles. The van der Waals surface area contributed by atoms with Crippen molar-refractivity contribution in [1.29, 1.82) is 0 Å². The molecule has 4 aromatic rings. The Morgan fingerprint density at radius 2 is 1.88 bits per heavy atom. The molecule has 5 rings (SSSR count). The quantitative estimate of drug-likeness (QED) is 0.333. The second-order valence-electron chi connectivity index (χ2n) is 7.86. The summed E-state index contributed by atoms with van der Waals surface area (Å²) in [6.07, 6.45) is 1.79. The number of methoxy groups -OCH3 is 1. The van der Waals surface area contributed by atoms with Crippen LogP contribution in [0.2, 0.25) is 5.02 Å². The lowest BCUT2D eigenvalue weighted by atomic mass is 10.0. The highest BCUT2D eigenvalue weighted by Crippen LogP contribution is 2.43. The van der Waals surface area contributed by atoms with E-state index >= 15 is 0 Å². The van der Waals surface area contributed by atoms with Gasteiger partial charge in [-0.3, -0.25) is 4.98 Å². The number of pyridine rings is 1. The summed E-state index contributed by atoms with van der Waals surface area (Å²) in [6, 6.07) is 23.2. The minimum absolute atomic E-state index is 0.179. The summed E-state index contributed by atoms with van der Waals surface area (Å²) in [7, 11) is 1.65. The predicted octanol–water partition coefficient (Wildman–Crippen LogP) is 6.49. The zero-order valence-electron chi connectivity index (χ0n) is 18.2. The van der Waals surface area contributed by atoms with Crippen molar-refractivity contribution in [1.82, 2.24) is 10.3 Å². The summed E-state index contributed by atoms with van der Waals surface area (Å²) < 4.78 is 11.7. The number of ether oxygens (including phenoxy) is 1. The highest BCUT2D eigenvalue weighted by Gasteiger charge is 2.42. The second kappa shape index (κ2) is 8.89. The van der Waals surface area contributed by atoms with Crippen molar-refractivity contribution in [3.63, 3.8) is 0 Å². The molecule has 2 atom stereocenters. The molecule has 0 saturated carbocycles. The Balaban J connectivity index is 1.58. The van der Waals surface area contributed by atoms with Gasteiger partial charge in [0.15, 0.2) is 5.11 Å². The molecule has 7 heteroatoms. The number of hydrogen-bond donors (Lipinski definition) is 1. The number of nitrogens with zero attached hydrogens (tertiary/aromatic N) is 2. The lowest BCUT2D eigenvalue weighted by Crippen LogP contribution is -2.29. The van der Waals surface area contributed by atoms with Crippen molar-refractivity contribution in [3.8, 4) is 17.1 Å². The first-order valence-corrected chi connectivity index (χ1v) is 11.3. The van der Waals surface area contributed by atoms with Crippen LogP contribution in [-0.2, 0) is 0 Å². The molecule has 33 heavy (non-hydrogen) atoms. The largest absolute Gasteiger partial charge is 0.497 e. The first-order chi connectivity index (χ1) is 16.0. The van der Waals surface area contributed by atoms with E-state index in [9.17, 15) is 0 Å². The molecule has 0 aliphatic carbocycles.